The molecule has 0 spiro atoms. The summed E-state index contributed by atoms with van der Waals surface area (Å²) in [6.07, 6.45) is 0.911. The summed E-state index contributed by atoms with van der Waals surface area (Å²) < 4.78 is 10.5. The van der Waals surface area contributed by atoms with Crippen LogP contribution in [-0.4, -0.2) is 38.1 Å². The molecule has 0 aromatic heterocycles. The molecular weight excluding hydrogens is 230 g/mol. The summed E-state index contributed by atoms with van der Waals surface area (Å²) in [5.74, 6) is 1.00. The fourth-order valence-corrected chi connectivity index (χ4v) is 1.72. The van der Waals surface area contributed by atoms with Crippen molar-refractivity contribution < 1.29 is 14.3 Å². The van der Waals surface area contributed by atoms with Crippen molar-refractivity contribution in [2.45, 2.75) is 26.3 Å². The van der Waals surface area contributed by atoms with Crippen molar-refractivity contribution in [2.24, 2.45) is 0 Å². The van der Waals surface area contributed by atoms with E-state index in [2.05, 4.69) is 6.92 Å². The average molecular weight is 251 g/mol. The van der Waals surface area contributed by atoms with Crippen LogP contribution in [0.25, 0.3) is 0 Å². The lowest BCUT2D eigenvalue weighted by atomic mass is 10.1. The van der Waals surface area contributed by atoms with Gasteiger partial charge in [0.1, 0.15) is 0 Å². The minimum Gasteiger partial charge on any atom is -0.493 e. The van der Waals surface area contributed by atoms with Crippen LogP contribution in [0, 0.1) is 0 Å². The Morgan fingerprint density at radius 1 is 1.33 bits per heavy atom. The maximum absolute atomic E-state index is 12.4. The summed E-state index contributed by atoms with van der Waals surface area (Å²) in [4.78, 5) is 14.1. The van der Waals surface area contributed by atoms with Crippen LogP contribution in [0.4, 0.5) is 0 Å². The molecular formula is C14H21NO3. The molecule has 4 nitrogen and oxygen atoms in total. The number of benzene rings is 1. The molecule has 0 bridgehead atoms. The predicted octanol–water partition coefficient (Wildman–Crippen LogP) is 2.57. The van der Waals surface area contributed by atoms with E-state index in [1.54, 1.807) is 37.3 Å². The van der Waals surface area contributed by atoms with E-state index in [1.165, 1.54) is 7.11 Å². The summed E-state index contributed by atoms with van der Waals surface area (Å²) in [6, 6.07) is 5.51. The SMILES string of the molecule is CCC(C)N(C)C(=O)c1cccc(OC)c1OC. The number of carbonyl (C=O) groups is 1. The summed E-state index contributed by atoms with van der Waals surface area (Å²) in [6.45, 7) is 4.07. The van der Waals surface area contributed by atoms with E-state index >= 15 is 0 Å². The van der Waals surface area contributed by atoms with Crippen molar-refractivity contribution in [3.63, 3.8) is 0 Å². The molecule has 100 valence electrons. The molecule has 1 aromatic carbocycles. The van der Waals surface area contributed by atoms with Crippen molar-refractivity contribution in [1.29, 1.82) is 0 Å². The zero-order valence-electron chi connectivity index (χ0n) is 11.7. The molecule has 0 saturated carbocycles. The second kappa shape index (κ2) is 6.28. The number of carbonyl (C=O) groups excluding carboxylic acids is 1. The molecule has 0 fully saturated rings. The minimum atomic E-state index is -0.0555. The number of rotatable bonds is 5. The number of hydrogen-bond acceptors (Lipinski definition) is 3. The number of hydrogen-bond donors (Lipinski definition) is 0. The predicted molar refractivity (Wildman–Crippen MR) is 71.4 cm³/mol. The summed E-state index contributed by atoms with van der Waals surface area (Å²) in [7, 11) is 4.90. The lowest BCUT2D eigenvalue weighted by molar-refractivity contribution is 0.0736. The van der Waals surface area contributed by atoms with Crippen molar-refractivity contribution >= 4 is 5.91 Å². The third kappa shape index (κ3) is 2.75. The van der Waals surface area contributed by atoms with Gasteiger partial charge in [0.15, 0.2) is 11.5 Å². The Morgan fingerprint density at radius 3 is 2.50 bits per heavy atom. The van der Waals surface area contributed by atoms with E-state index < -0.39 is 0 Å². The molecule has 1 unspecified atom stereocenters. The first kappa shape index (κ1) is 14.4. The maximum Gasteiger partial charge on any atom is 0.257 e. The third-order valence-electron chi connectivity index (χ3n) is 3.21. The fourth-order valence-electron chi connectivity index (χ4n) is 1.72. The monoisotopic (exact) mass is 251 g/mol. The molecule has 4 heteroatoms. The smallest absolute Gasteiger partial charge is 0.257 e. The topological polar surface area (TPSA) is 38.8 Å². The number of amides is 1. The molecule has 1 amide bonds. The highest BCUT2D eigenvalue weighted by atomic mass is 16.5. The second-order valence-corrected chi connectivity index (χ2v) is 4.21. The third-order valence-corrected chi connectivity index (χ3v) is 3.21. The molecule has 0 aliphatic heterocycles. The van der Waals surface area contributed by atoms with Crippen LogP contribution in [0.3, 0.4) is 0 Å². The van der Waals surface area contributed by atoms with Gasteiger partial charge >= 0.3 is 0 Å². The normalized spacial score (nSPS) is 11.8. The first-order valence-electron chi connectivity index (χ1n) is 6.04. The van der Waals surface area contributed by atoms with Crippen LogP contribution in [0.1, 0.15) is 30.6 Å². The van der Waals surface area contributed by atoms with Crippen LogP contribution < -0.4 is 9.47 Å². The molecule has 1 aromatic rings. The Bertz CT molecular complexity index is 418. The lowest BCUT2D eigenvalue weighted by Crippen LogP contribution is -2.34. The molecule has 0 N–H and O–H groups in total. The van der Waals surface area contributed by atoms with Crippen LogP contribution in [0.15, 0.2) is 18.2 Å². The zero-order valence-corrected chi connectivity index (χ0v) is 11.7. The molecule has 0 saturated heterocycles. The summed E-state index contributed by atoms with van der Waals surface area (Å²) in [5.41, 5.74) is 0.527. The first-order valence-corrected chi connectivity index (χ1v) is 6.04. The number of nitrogens with zero attached hydrogens (tertiary/aromatic N) is 1. The second-order valence-electron chi connectivity index (χ2n) is 4.21. The molecule has 0 aliphatic carbocycles. The largest absolute Gasteiger partial charge is 0.493 e. The maximum atomic E-state index is 12.4. The van der Waals surface area contributed by atoms with Crippen molar-refractivity contribution in [1.82, 2.24) is 4.90 Å². The van der Waals surface area contributed by atoms with Crippen molar-refractivity contribution in [3.8, 4) is 11.5 Å². The number of para-hydroxylation sites is 1. The van der Waals surface area contributed by atoms with Crippen molar-refractivity contribution in [3.05, 3.63) is 23.8 Å². The van der Waals surface area contributed by atoms with E-state index in [4.69, 9.17) is 9.47 Å². The zero-order chi connectivity index (χ0) is 13.7. The Balaban J connectivity index is 3.13. The Morgan fingerprint density at radius 2 is 2.00 bits per heavy atom. The standard InChI is InChI=1S/C14H21NO3/c1-6-10(2)15(3)14(16)11-8-7-9-12(17-4)13(11)18-5/h7-10H,6H2,1-5H3. The number of methoxy groups -OCH3 is 2. The molecule has 1 atom stereocenters. The average Bonchev–Trinajstić information content (AvgIpc) is 2.43. The van der Waals surface area contributed by atoms with E-state index in [9.17, 15) is 4.79 Å². The molecule has 1 rings (SSSR count). The molecule has 18 heavy (non-hydrogen) atoms. The number of ether oxygens (including phenoxy) is 2. The summed E-state index contributed by atoms with van der Waals surface area (Å²) in [5, 5.41) is 0. The van der Waals surface area contributed by atoms with E-state index in [1.807, 2.05) is 6.92 Å². The Labute approximate surface area is 108 Å². The van der Waals surface area contributed by atoms with Crippen LogP contribution in [0.2, 0.25) is 0 Å². The van der Waals surface area contributed by atoms with Gasteiger partial charge in [0.25, 0.3) is 5.91 Å². The van der Waals surface area contributed by atoms with Crippen LogP contribution in [-0.2, 0) is 0 Å². The fraction of sp³-hybridized carbons (Fsp3) is 0.500. The first-order chi connectivity index (χ1) is 8.56. The van der Waals surface area contributed by atoms with E-state index in [0.29, 0.717) is 17.1 Å². The molecule has 0 heterocycles. The van der Waals surface area contributed by atoms with Gasteiger partial charge in [-0.15, -0.1) is 0 Å². The van der Waals surface area contributed by atoms with Gasteiger partial charge in [0.2, 0.25) is 0 Å². The van der Waals surface area contributed by atoms with Gasteiger partial charge in [-0.3, -0.25) is 4.79 Å². The van der Waals surface area contributed by atoms with Gasteiger partial charge in [-0.05, 0) is 25.5 Å². The minimum absolute atomic E-state index is 0.0555. The molecule has 0 radical (unpaired) electrons. The quantitative estimate of drug-likeness (QED) is 0.807. The highest BCUT2D eigenvalue weighted by Gasteiger charge is 2.21. The van der Waals surface area contributed by atoms with Gasteiger partial charge < -0.3 is 14.4 Å². The van der Waals surface area contributed by atoms with Crippen LogP contribution in [0.5, 0.6) is 11.5 Å². The molecule has 0 aliphatic rings. The highest BCUT2D eigenvalue weighted by molar-refractivity contribution is 5.97. The van der Waals surface area contributed by atoms with Gasteiger partial charge in [-0.1, -0.05) is 13.0 Å². The lowest BCUT2D eigenvalue weighted by Gasteiger charge is -2.25. The van der Waals surface area contributed by atoms with E-state index in [-0.39, 0.29) is 11.9 Å². The van der Waals surface area contributed by atoms with Gasteiger partial charge in [0, 0.05) is 13.1 Å². The Hall–Kier alpha value is -1.71. The summed E-state index contributed by atoms with van der Waals surface area (Å²) >= 11 is 0. The Kier molecular flexibility index (Phi) is 5.01. The van der Waals surface area contributed by atoms with Crippen LogP contribution >= 0.6 is 0 Å². The van der Waals surface area contributed by atoms with Gasteiger partial charge in [-0.25, -0.2) is 0 Å². The highest BCUT2D eigenvalue weighted by Crippen LogP contribution is 2.31. The van der Waals surface area contributed by atoms with Crippen molar-refractivity contribution in [2.75, 3.05) is 21.3 Å². The van der Waals surface area contributed by atoms with Gasteiger partial charge in [0.05, 0.1) is 19.8 Å². The van der Waals surface area contributed by atoms with Gasteiger partial charge in [-0.2, -0.15) is 0 Å². The van der Waals surface area contributed by atoms with E-state index in [0.717, 1.165) is 6.42 Å².